The molecule has 8 heteroatoms. The van der Waals surface area contributed by atoms with E-state index < -0.39 is 31.7 Å². The van der Waals surface area contributed by atoms with Crippen molar-refractivity contribution in [3.63, 3.8) is 0 Å². The first-order chi connectivity index (χ1) is 30.6. The predicted octanol–water partition coefficient (Wildman–Crippen LogP) is 9.22. The first-order valence-electron chi connectivity index (χ1n) is 22.0. The average Bonchev–Trinajstić information content (AvgIpc) is 3.31. The maximum atomic E-state index is 13.1. The zero-order chi connectivity index (χ0) is 45.0. The SMILES string of the molecule is C=CCOC/C=C/[C@H](CC)[C@@H](O)C#C[C@](O)(CCOC(c1ccccc1)(c1ccccc1)c1ccccc1)[C@@H](CCO[Si](c1ccccc1)(c1ccccc1)C(C)(C)C)OCOC. The third-order valence-corrected chi connectivity index (χ3v) is 16.6. The zero-order valence-corrected chi connectivity index (χ0v) is 38.7. The van der Waals surface area contributed by atoms with Crippen molar-refractivity contribution in [3.8, 4) is 11.8 Å². The Balaban J connectivity index is 1.56. The lowest BCUT2D eigenvalue weighted by Gasteiger charge is -2.43. The van der Waals surface area contributed by atoms with Crippen LogP contribution >= 0.6 is 0 Å². The molecule has 0 unspecified atom stereocenters. The number of aliphatic hydroxyl groups is 2. The van der Waals surface area contributed by atoms with Gasteiger partial charge in [0, 0.05) is 26.1 Å². The highest BCUT2D eigenvalue weighted by atomic mass is 28.4. The number of hydrogen-bond donors (Lipinski definition) is 2. The number of rotatable bonds is 24. The van der Waals surface area contributed by atoms with Gasteiger partial charge in [0.05, 0.1) is 19.8 Å². The Morgan fingerprint density at radius 1 is 0.714 bits per heavy atom. The van der Waals surface area contributed by atoms with Crippen molar-refractivity contribution in [3.05, 3.63) is 193 Å². The highest BCUT2D eigenvalue weighted by molar-refractivity contribution is 6.99. The van der Waals surface area contributed by atoms with Gasteiger partial charge in [0.25, 0.3) is 8.32 Å². The molecule has 0 aromatic heterocycles. The van der Waals surface area contributed by atoms with Crippen LogP contribution in [0.5, 0.6) is 0 Å². The van der Waals surface area contributed by atoms with E-state index in [-0.39, 0.29) is 43.8 Å². The van der Waals surface area contributed by atoms with E-state index in [0.29, 0.717) is 19.6 Å². The summed E-state index contributed by atoms with van der Waals surface area (Å²) in [5, 5.41) is 26.7. The van der Waals surface area contributed by atoms with Gasteiger partial charge in [-0.2, -0.15) is 0 Å². The molecule has 0 heterocycles. The number of aliphatic hydroxyl groups excluding tert-OH is 1. The van der Waals surface area contributed by atoms with E-state index in [1.165, 1.54) is 0 Å². The van der Waals surface area contributed by atoms with E-state index in [9.17, 15) is 10.2 Å². The van der Waals surface area contributed by atoms with Crippen molar-refractivity contribution in [2.45, 2.75) is 75.4 Å². The molecule has 0 saturated carbocycles. The fourth-order valence-corrected chi connectivity index (χ4v) is 12.9. The molecule has 0 saturated heterocycles. The standard InChI is InChI=1S/C55H66O7Si/c1-7-40-59-41-24-25-45(8-2)51(56)36-38-54(57,39-43-61-55(46-26-14-9-15-27-46,47-28-16-10-17-29-47)48-30-18-11-19-31-48)52(60-44-58-6)37-42-62-63(53(3,4)5,49-32-20-12-21-33-49)50-34-22-13-23-35-50/h7,9-35,45,51-52,56-57H,1,8,37,39-44H2,2-6H3/b25-24+/t45-,51-,52+,54-/m0/s1. The topological polar surface area (TPSA) is 86.6 Å². The summed E-state index contributed by atoms with van der Waals surface area (Å²) in [6.45, 7) is 13.5. The number of hydrogen-bond acceptors (Lipinski definition) is 7. The Morgan fingerprint density at radius 2 is 1.21 bits per heavy atom. The van der Waals surface area contributed by atoms with Crippen LogP contribution in [0.4, 0.5) is 0 Å². The van der Waals surface area contributed by atoms with Gasteiger partial charge in [0.2, 0.25) is 0 Å². The lowest BCUT2D eigenvalue weighted by atomic mass is 9.80. The lowest BCUT2D eigenvalue weighted by Crippen LogP contribution is -2.66. The molecule has 63 heavy (non-hydrogen) atoms. The molecule has 5 aromatic carbocycles. The first-order valence-corrected chi connectivity index (χ1v) is 23.9. The van der Waals surface area contributed by atoms with Gasteiger partial charge in [0.15, 0.2) is 5.60 Å². The lowest BCUT2D eigenvalue weighted by molar-refractivity contribution is -0.148. The van der Waals surface area contributed by atoms with Gasteiger partial charge in [-0.25, -0.2) is 0 Å². The quantitative estimate of drug-likeness (QED) is 0.0160. The molecule has 7 nitrogen and oxygen atoms in total. The monoisotopic (exact) mass is 866 g/mol. The van der Waals surface area contributed by atoms with Crippen molar-refractivity contribution in [2.75, 3.05) is 40.3 Å². The van der Waals surface area contributed by atoms with Crippen LogP contribution < -0.4 is 10.4 Å². The number of benzene rings is 5. The van der Waals surface area contributed by atoms with E-state index in [1.807, 2.05) is 85.8 Å². The summed E-state index contributed by atoms with van der Waals surface area (Å²) in [5.74, 6) is 5.90. The summed E-state index contributed by atoms with van der Waals surface area (Å²) >= 11 is 0. The summed E-state index contributed by atoms with van der Waals surface area (Å²) < 4.78 is 31.9. The predicted molar refractivity (Wildman–Crippen MR) is 257 cm³/mol. The molecule has 5 rings (SSSR count). The third kappa shape index (κ3) is 12.4. The van der Waals surface area contributed by atoms with Crippen LogP contribution in [0.3, 0.4) is 0 Å². The van der Waals surface area contributed by atoms with Crippen molar-refractivity contribution in [2.24, 2.45) is 5.92 Å². The molecule has 0 aliphatic rings. The van der Waals surface area contributed by atoms with Crippen LogP contribution in [0.25, 0.3) is 0 Å². The molecule has 5 aromatic rings. The first kappa shape index (κ1) is 49.1. The van der Waals surface area contributed by atoms with Crippen molar-refractivity contribution < 1.29 is 33.6 Å². The maximum Gasteiger partial charge on any atom is 0.261 e. The highest BCUT2D eigenvalue weighted by Gasteiger charge is 2.50. The molecule has 0 aliphatic heterocycles. The van der Waals surface area contributed by atoms with Gasteiger partial charge in [-0.15, -0.1) is 6.58 Å². The number of methoxy groups -OCH3 is 1. The summed E-state index contributed by atoms with van der Waals surface area (Å²) in [5.41, 5.74) is -0.0355. The largest absolute Gasteiger partial charge is 0.407 e. The molecule has 0 bridgehead atoms. The van der Waals surface area contributed by atoms with E-state index in [0.717, 1.165) is 27.1 Å². The van der Waals surface area contributed by atoms with Gasteiger partial charge in [-0.3, -0.25) is 0 Å². The Kier molecular flexibility index (Phi) is 18.9. The molecule has 0 fully saturated rings. The summed E-state index contributed by atoms with van der Waals surface area (Å²) in [6.07, 6.45) is 4.44. The fraction of sp³-hybridized carbons (Fsp3) is 0.345. The second-order valence-electron chi connectivity index (χ2n) is 16.7. The molecule has 0 aliphatic carbocycles. The van der Waals surface area contributed by atoms with Crippen LogP contribution in [0, 0.1) is 17.8 Å². The van der Waals surface area contributed by atoms with Crippen LogP contribution in [0.1, 0.15) is 63.6 Å². The van der Waals surface area contributed by atoms with E-state index in [4.69, 9.17) is 23.4 Å². The van der Waals surface area contributed by atoms with Crippen molar-refractivity contribution in [1.82, 2.24) is 0 Å². The molecular weight excluding hydrogens is 801 g/mol. The van der Waals surface area contributed by atoms with Gasteiger partial charge < -0.3 is 33.6 Å². The Bertz CT molecular complexity index is 2010. The van der Waals surface area contributed by atoms with Gasteiger partial charge in [0.1, 0.15) is 24.6 Å². The van der Waals surface area contributed by atoms with E-state index >= 15 is 0 Å². The molecule has 332 valence electrons. The minimum atomic E-state index is -2.94. The fourth-order valence-electron chi connectivity index (χ4n) is 8.34. The maximum absolute atomic E-state index is 13.1. The second kappa shape index (κ2) is 24.2. The van der Waals surface area contributed by atoms with Crippen molar-refractivity contribution in [1.29, 1.82) is 0 Å². The minimum Gasteiger partial charge on any atom is -0.407 e. The molecule has 4 atom stereocenters. The van der Waals surface area contributed by atoms with Crippen LogP contribution in [-0.2, 0) is 29.0 Å². The molecule has 2 N–H and O–H groups in total. The molecule has 0 spiro atoms. The molecule has 0 amide bonds. The highest BCUT2D eigenvalue weighted by Crippen LogP contribution is 2.41. The Morgan fingerprint density at radius 3 is 1.65 bits per heavy atom. The van der Waals surface area contributed by atoms with Crippen molar-refractivity contribution >= 4 is 18.7 Å². The van der Waals surface area contributed by atoms with Gasteiger partial charge in [-0.05, 0) is 44.9 Å². The molecular formula is C55H66O7Si. The third-order valence-electron chi connectivity index (χ3n) is 11.5. The van der Waals surface area contributed by atoms with E-state index in [1.54, 1.807) is 13.2 Å². The summed E-state index contributed by atoms with van der Waals surface area (Å²) in [4.78, 5) is 0. The Hall–Kier alpha value is -4.92. The van der Waals surface area contributed by atoms with E-state index in [2.05, 4.69) is 124 Å². The van der Waals surface area contributed by atoms with Gasteiger partial charge in [-0.1, -0.05) is 209 Å². The second-order valence-corrected chi connectivity index (χ2v) is 21.0. The average molecular weight is 867 g/mol. The number of ether oxygens (including phenoxy) is 4. The summed E-state index contributed by atoms with van der Waals surface area (Å²) in [6, 6.07) is 51.3. The Labute approximate surface area is 377 Å². The zero-order valence-electron chi connectivity index (χ0n) is 37.7. The smallest absolute Gasteiger partial charge is 0.261 e. The van der Waals surface area contributed by atoms with Gasteiger partial charge >= 0.3 is 0 Å². The van der Waals surface area contributed by atoms with Crippen LogP contribution in [0.2, 0.25) is 5.04 Å². The minimum absolute atomic E-state index is 0.0383. The normalized spacial score (nSPS) is 14.6. The summed E-state index contributed by atoms with van der Waals surface area (Å²) in [7, 11) is -1.39. The van der Waals surface area contributed by atoms with Crippen LogP contribution in [0.15, 0.2) is 176 Å². The van der Waals surface area contributed by atoms with Crippen LogP contribution in [-0.4, -0.2) is 76.7 Å². The molecule has 0 radical (unpaired) electrons.